The molecular weight excluding hydrogens is 289 g/mol. The van der Waals surface area contributed by atoms with E-state index in [0.29, 0.717) is 26.2 Å². The molecule has 2 nitrogen and oxygen atoms in total. The summed E-state index contributed by atoms with van der Waals surface area (Å²) in [6.45, 7) is 0. The summed E-state index contributed by atoms with van der Waals surface area (Å²) in [5.74, 6) is 0.257. The molecule has 0 aliphatic heterocycles. The van der Waals surface area contributed by atoms with E-state index in [1.807, 2.05) is 0 Å². The maximum Gasteiger partial charge on any atom is 0.0620 e. The minimum absolute atomic E-state index is 0.257. The topological polar surface area (TPSA) is 43.1 Å². The average Bonchev–Trinajstić information content (AvgIpc) is 2.34. The van der Waals surface area contributed by atoms with Gasteiger partial charge in [-0.25, -0.2) is 0 Å². The summed E-state index contributed by atoms with van der Waals surface area (Å²) in [5, 5.41) is 1.04. The summed E-state index contributed by atoms with van der Waals surface area (Å²) < 4.78 is 12.3. The zero-order valence-corrected chi connectivity index (χ0v) is 11.7. The minimum Gasteiger partial charge on any atom is -0.398 e. The number of anilines is 1. The minimum atomic E-state index is -1.26. The van der Waals surface area contributed by atoms with E-state index >= 15 is 0 Å². The van der Waals surface area contributed by atoms with E-state index in [1.54, 1.807) is 42.5 Å². The molecule has 18 heavy (non-hydrogen) atoms. The average molecular weight is 300 g/mol. The molecule has 0 heterocycles. The standard InChI is InChI=1S/C13H11Cl2NOS/c14-10-4-3-5-11(15)9(10)8-18(17)13-7-2-1-6-12(13)16/h1-7H,8,16H2. The monoisotopic (exact) mass is 299 g/mol. The first-order valence-electron chi connectivity index (χ1n) is 5.25. The van der Waals surface area contributed by atoms with Crippen molar-refractivity contribution >= 4 is 39.7 Å². The van der Waals surface area contributed by atoms with Gasteiger partial charge in [0.2, 0.25) is 0 Å². The SMILES string of the molecule is Nc1ccccc1S(=O)Cc1c(Cl)cccc1Cl. The number of benzene rings is 2. The first kappa shape index (κ1) is 13.4. The zero-order valence-electron chi connectivity index (χ0n) is 9.40. The molecule has 0 saturated carbocycles. The van der Waals surface area contributed by atoms with Crippen molar-refractivity contribution in [2.75, 3.05) is 5.73 Å². The largest absolute Gasteiger partial charge is 0.398 e. The summed E-state index contributed by atoms with van der Waals surface area (Å²) in [5.41, 5.74) is 6.99. The van der Waals surface area contributed by atoms with E-state index < -0.39 is 10.8 Å². The predicted octanol–water partition coefficient (Wildman–Crippen LogP) is 3.88. The van der Waals surface area contributed by atoms with Gasteiger partial charge in [-0.05, 0) is 24.3 Å². The van der Waals surface area contributed by atoms with Gasteiger partial charge < -0.3 is 5.73 Å². The van der Waals surface area contributed by atoms with Crippen LogP contribution in [0.4, 0.5) is 5.69 Å². The van der Waals surface area contributed by atoms with Gasteiger partial charge in [0, 0.05) is 21.3 Å². The number of rotatable bonds is 3. The lowest BCUT2D eigenvalue weighted by atomic mass is 10.2. The van der Waals surface area contributed by atoms with Gasteiger partial charge in [0.05, 0.1) is 21.4 Å². The van der Waals surface area contributed by atoms with Crippen LogP contribution in [-0.4, -0.2) is 4.21 Å². The molecule has 2 rings (SSSR count). The van der Waals surface area contributed by atoms with E-state index in [4.69, 9.17) is 28.9 Å². The number of nitrogen functional groups attached to an aromatic ring is 1. The summed E-state index contributed by atoms with van der Waals surface area (Å²) in [4.78, 5) is 0.605. The van der Waals surface area contributed by atoms with Crippen LogP contribution in [0.1, 0.15) is 5.56 Å². The van der Waals surface area contributed by atoms with Gasteiger partial charge in [0.15, 0.2) is 0 Å². The van der Waals surface area contributed by atoms with Crippen molar-refractivity contribution in [1.82, 2.24) is 0 Å². The maximum atomic E-state index is 12.3. The fourth-order valence-corrected chi connectivity index (χ4v) is 3.55. The summed E-state index contributed by atoms with van der Waals surface area (Å²) in [6.07, 6.45) is 0. The number of halogens is 2. The van der Waals surface area contributed by atoms with Gasteiger partial charge in [-0.1, -0.05) is 41.4 Å². The molecule has 2 aromatic rings. The van der Waals surface area contributed by atoms with Crippen LogP contribution in [0.25, 0.3) is 0 Å². The first-order chi connectivity index (χ1) is 8.59. The highest BCUT2D eigenvalue weighted by Crippen LogP contribution is 2.28. The van der Waals surface area contributed by atoms with Crippen molar-refractivity contribution in [2.24, 2.45) is 0 Å². The molecule has 0 bridgehead atoms. The molecule has 0 saturated heterocycles. The number of para-hydroxylation sites is 1. The molecule has 0 aliphatic rings. The molecule has 0 aliphatic carbocycles. The Labute approximate surface area is 118 Å². The van der Waals surface area contributed by atoms with Crippen molar-refractivity contribution in [2.45, 2.75) is 10.6 Å². The molecule has 0 amide bonds. The lowest BCUT2D eigenvalue weighted by molar-refractivity contribution is 0.683. The van der Waals surface area contributed by atoms with Gasteiger partial charge in [0.25, 0.3) is 0 Å². The molecule has 2 N–H and O–H groups in total. The molecule has 1 unspecified atom stereocenters. The molecule has 0 aromatic heterocycles. The zero-order chi connectivity index (χ0) is 13.1. The highest BCUT2D eigenvalue weighted by atomic mass is 35.5. The van der Waals surface area contributed by atoms with Crippen LogP contribution in [0.5, 0.6) is 0 Å². The number of hydrogen-bond donors (Lipinski definition) is 1. The molecule has 1 atom stereocenters. The molecule has 0 spiro atoms. The normalized spacial score (nSPS) is 12.3. The van der Waals surface area contributed by atoms with Crippen LogP contribution in [0.3, 0.4) is 0 Å². The van der Waals surface area contributed by atoms with Gasteiger partial charge >= 0.3 is 0 Å². The van der Waals surface area contributed by atoms with E-state index in [-0.39, 0.29) is 5.75 Å². The van der Waals surface area contributed by atoms with E-state index in [2.05, 4.69) is 0 Å². The second-order valence-electron chi connectivity index (χ2n) is 3.73. The fraction of sp³-hybridized carbons (Fsp3) is 0.0769. The number of nitrogens with two attached hydrogens (primary N) is 1. The van der Waals surface area contributed by atoms with Crippen LogP contribution >= 0.6 is 23.2 Å². The Morgan fingerprint density at radius 2 is 1.61 bits per heavy atom. The Kier molecular flexibility index (Phi) is 4.27. The van der Waals surface area contributed by atoms with Crippen molar-refractivity contribution in [3.63, 3.8) is 0 Å². The lowest BCUT2D eigenvalue weighted by Gasteiger charge is -2.08. The molecular formula is C13H11Cl2NOS. The van der Waals surface area contributed by atoms with Crippen LogP contribution < -0.4 is 5.73 Å². The van der Waals surface area contributed by atoms with Crippen LogP contribution in [0.15, 0.2) is 47.4 Å². The second-order valence-corrected chi connectivity index (χ2v) is 5.96. The third-order valence-electron chi connectivity index (χ3n) is 2.50. The van der Waals surface area contributed by atoms with Gasteiger partial charge in [-0.2, -0.15) is 0 Å². The maximum absolute atomic E-state index is 12.3. The molecule has 0 radical (unpaired) electrons. The third kappa shape index (κ3) is 2.86. The highest BCUT2D eigenvalue weighted by Gasteiger charge is 2.13. The fourth-order valence-electron chi connectivity index (χ4n) is 1.57. The summed E-state index contributed by atoms with van der Waals surface area (Å²) in [6, 6.07) is 12.3. The van der Waals surface area contributed by atoms with Crippen molar-refractivity contribution in [3.05, 3.63) is 58.1 Å². The van der Waals surface area contributed by atoms with E-state index in [0.717, 1.165) is 0 Å². The van der Waals surface area contributed by atoms with Crippen molar-refractivity contribution in [1.29, 1.82) is 0 Å². The Morgan fingerprint density at radius 1 is 1.00 bits per heavy atom. The molecule has 0 fully saturated rings. The van der Waals surface area contributed by atoms with Crippen LogP contribution in [0.2, 0.25) is 10.0 Å². The molecule has 94 valence electrons. The van der Waals surface area contributed by atoms with E-state index in [9.17, 15) is 4.21 Å². The van der Waals surface area contributed by atoms with Gasteiger partial charge in [-0.15, -0.1) is 0 Å². The van der Waals surface area contributed by atoms with Crippen LogP contribution in [0, 0.1) is 0 Å². The number of hydrogen-bond acceptors (Lipinski definition) is 2. The lowest BCUT2D eigenvalue weighted by Crippen LogP contribution is -2.01. The second kappa shape index (κ2) is 5.74. The molecule has 5 heteroatoms. The Morgan fingerprint density at radius 3 is 2.22 bits per heavy atom. The van der Waals surface area contributed by atoms with Crippen molar-refractivity contribution < 1.29 is 4.21 Å². The van der Waals surface area contributed by atoms with Gasteiger partial charge in [0.1, 0.15) is 0 Å². The quantitative estimate of drug-likeness (QED) is 0.874. The highest BCUT2D eigenvalue weighted by molar-refractivity contribution is 7.84. The Balaban J connectivity index is 2.30. The smallest absolute Gasteiger partial charge is 0.0620 e. The first-order valence-corrected chi connectivity index (χ1v) is 7.33. The van der Waals surface area contributed by atoms with Gasteiger partial charge in [-0.3, -0.25) is 4.21 Å². The van der Waals surface area contributed by atoms with E-state index in [1.165, 1.54) is 0 Å². The Hall–Kier alpha value is -1.03. The van der Waals surface area contributed by atoms with Crippen LogP contribution in [-0.2, 0) is 16.6 Å². The Bertz CT molecular complexity index is 581. The van der Waals surface area contributed by atoms with Crippen molar-refractivity contribution in [3.8, 4) is 0 Å². The molecule has 2 aromatic carbocycles. The summed E-state index contributed by atoms with van der Waals surface area (Å²) in [7, 11) is -1.26. The predicted molar refractivity (Wildman–Crippen MR) is 77.4 cm³/mol. The third-order valence-corrected chi connectivity index (χ3v) is 4.62. The summed E-state index contributed by atoms with van der Waals surface area (Å²) >= 11 is 12.1.